The number of fused-ring (bicyclic) bond motifs is 3. The SMILES string of the molecule is CO[C@]12CC[C@](C)(/C=C3/OC(=O)C(CO)=C3[C@@H](O)C[C@H]1C)O2. The normalized spacial score (nSPS) is 43.9. The van der Waals surface area contributed by atoms with E-state index in [-0.39, 0.29) is 11.5 Å². The van der Waals surface area contributed by atoms with Gasteiger partial charge in [-0.05, 0) is 25.8 Å². The molecule has 2 N–H and O–H groups in total. The van der Waals surface area contributed by atoms with Crippen molar-refractivity contribution in [3.8, 4) is 0 Å². The Bertz CT molecular complexity index is 565. The summed E-state index contributed by atoms with van der Waals surface area (Å²) < 4.78 is 17.1. The number of carbonyl (C=O) groups excluding carboxylic acids is 1. The summed E-state index contributed by atoms with van der Waals surface area (Å²) in [4.78, 5) is 11.9. The summed E-state index contributed by atoms with van der Waals surface area (Å²) in [6.45, 7) is 3.41. The van der Waals surface area contributed by atoms with E-state index in [1.807, 2.05) is 13.8 Å². The van der Waals surface area contributed by atoms with Crippen molar-refractivity contribution >= 4 is 5.97 Å². The molecule has 0 saturated carbocycles. The summed E-state index contributed by atoms with van der Waals surface area (Å²) in [7, 11) is 1.61. The molecule has 6 heteroatoms. The zero-order valence-electron chi connectivity index (χ0n) is 13.1. The first kappa shape index (κ1) is 15.7. The van der Waals surface area contributed by atoms with Gasteiger partial charge in [0.2, 0.25) is 0 Å². The van der Waals surface area contributed by atoms with Crippen molar-refractivity contribution in [2.75, 3.05) is 13.7 Å². The maximum absolute atomic E-state index is 11.9. The molecule has 3 aliphatic rings. The van der Waals surface area contributed by atoms with Crippen LogP contribution in [0, 0.1) is 5.92 Å². The number of rotatable bonds is 2. The van der Waals surface area contributed by atoms with Gasteiger partial charge in [-0.1, -0.05) is 6.92 Å². The lowest BCUT2D eigenvalue weighted by Crippen LogP contribution is -2.41. The minimum atomic E-state index is -0.909. The number of carbonyl (C=O) groups is 1. The molecule has 4 atom stereocenters. The van der Waals surface area contributed by atoms with E-state index in [1.165, 1.54) is 0 Å². The van der Waals surface area contributed by atoms with Crippen LogP contribution in [-0.4, -0.2) is 47.4 Å². The Morgan fingerprint density at radius 1 is 1.45 bits per heavy atom. The van der Waals surface area contributed by atoms with Gasteiger partial charge in [0.1, 0.15) is 5.76 Å². The van der Waals surface area contributed by atoms with Crippen LogP contribution in [0.2, 0.25) is 0 Å². The van der Waals surface area contributed by atoms with Crippen LogP contribution in [0.4, 0.5) is 0 Å². The number of hydrogen-bond donors (Lipinski definition) is 2. The molecule has 0 aromatic carbocycles. The third kappa shape index (κ3) is 2.22. The van der Waals surface area contributed by atoms with E-state index in [2.05, 4.69) is 0 Å². The van der Waals surface area contributed by atoms with Gasteiger partial charge in [-0.25, -0.2) is 4.79 Å². The molecule has 1 saturated heterocycles. The standard InChI is InChI=1S/C16H22O6/c1-9-6-11(18)13-10(8-17)14(19)21-12(13)7-15(2)4-5-16(9,20-3)22-15/h7,9,11,17-18H,4-6,8H2,1-3H3/b12-7+/t9-,11+,15-,16+/m1/s1. The average molecular weight is 310 g/mol. The highest BCUT2D eigenvalue weighted by atomic mass is 16.7. The molecule has 3 aliphatic heterocycles. The van der Waals surface area contributed by atoms with Crippen molar-refractivity contribution in [2.24, 2.45) is 5.92 Å². The zero-order chi connectivity index (χ0) is 16.1. The molecule has 0 amide bonds. The number of hydrogen-bond acceptors (Lipinski definition) is 6. The van der Waals surface area contributed by atoms with Crippen molar-refractivity contribution in [2.45, 2.75) is 50.6 Å². The van der Waals surface area contributed by atoms with Gasteiger partial charge in [0.25, 0.3) is 0 Å². The molecular weight excluding hydrogens is 288 g/mol. The molecule has 1 fully saturated rings. The fourth-order valence-corrected chi connectivity index (χ4v) is 3.72. The zero-order valence-corrected chi connectivity index (χ0v) is 13.1. The van der Waals surface area contributed by atoms with E-state index in [0.29, 0.717) is 24.2 Å². The summed E-state index contributed by atoms with van der Waals surface area (Å²) in [5.74, 6) is -1.14. The van der Waals surface area contributed by atoms with Crippen LogP contribution in [0.1, 0.15) is 33.1 Å². The first-order valence-corrected chi connectivity index (χ1v) is 7.57. The highest BCUT2D eigenvalue weighted by Crippen LogP contribution is 2.48. The Kier molecular flexibility index (Phi) is 3.68. The van der Waals surface area contributed by atoms with Gasteiger partial charge < -0.3 is 24.4 Å². The third-order valence-corrected chi connectivity index (χ3v) is 5.02. The minimum absolute atomic E-state index is 0.0785. The summed E-state index contributed by atoms with van der Waals surface area (Å²) in [6.07, 6.45) is 2.61. The van der Waals surface area contributed by atoms with Crippen LogP contribution in [0.3, 0.4) is 0 Å². The van der Waals surface area contributed by atoms with E-state index in [9.17, 15) is 15.0 Å². The van der Waals surface area contributed by atoms with Gasteiger partial charge in [0.05, 0.1) is 23.9 Å². The Labute approximate surface area is 129 Å². The number of ether oxygens (including phenoxy) is 3. The predicted molar refractivity (Wildman–Crippen MR) is 76.5 cm³/mol. The highest BCUT2D eigenvalue weighted by molar-refractivity contribution is 5.95. The smallest absolute Gasteiger partial charge is 0.342 e. The lowest BCUT2D eigenvalue weighted by Gasteiger charge is -2.36. The topological polar surface area (TPSA) is 85.2 Å². The number of aliphatic hydroxyl groups is 2. The van der Waals surface area contributed by atoms with Crippen molar-refractivity contribution in [3.05, 3.63) is 23.0 Å². The van der Waals surface area contributed by atoms with E-state index < -0.39 is 30.1 Å². The Morgan fingerprint density at radius 3 is 2.82 bits per heavy atom. The van der Waals surface area contributed by atoms with E-state index >= 15 is 0 Å². The first-order chi connectivity index (χ1) is 10.3. The second-order valence-corrected chi connectivity index (χ2v) is 6.53. The Morgan fingerprint density at radius 2 is 2.18 bits per heavy atom. The van der Waals surface area contributed by atoms with E-state index in [0.717, 1.165) is 6.42 Å². The molecule has 3 heterocycles. The molecule has 0 aliphatic carbocycles. The van der Waals surface area contributed by atoms with Crippen LogP contribution in [0.5, 0.6) is 0 Å². The monoisotopic (exact) mass is 310 g/mol. The fourth-order valence-electron chi connectivity index (χ4n) is 3.72. The lowest BCUT2D eigenvalue weighted by atomic mass is 9.86. The molecule has 0 unspecified atom stereocenters. The molecule has 0 spiro atoms. The van der Waals surface area contributed by atoms with E-state index in [4.69, 9.17) is 14.2 Å². The van der Waals surface area contributed by atoms with Gasteiger partial charge in [-0.3, -0.25) is 0 Å². The molecule has 0 aromatic rings. The quantitative estimate of drug-likeness (QED) is 0.741. The third-order valence-electron chi connectivity index (χ3n) is 5.02. The molecular formula is C16H22O6. The summed E-state index contributed by atoms with van der Waals surface area (Å²) in [5.41, 5.74) is -0.137. The largest absolute Gasteiger partial charge is 0.423 e. The van der Waals surface area contributed by atoms with E-state index in [1.54, 1.807) is 13.2 Å². The molecule has 3 rings (SSSR count). The van der Waals surface area contributed by atoms with Crippen molar-refractivity contribution in [3.63, 3.8) is 0 Å². The summed E-state index contributed by atoms with van der Waals surface area (Å²) >= 11 is 0. The maximum atomic E-state index is 11.9. The van der Waals surface area contributed by atoms with Gasteiger partial charge >= 0.3 is 5.97 Å². The van der Waals surface area contributed by atoms with Crippen LogP contribution in [-0.2, 0) is 19.0 Å². The Balaban J connectivity index is 2.12. The second-order valence-electron chi connectivity index (χ2n) is 6.53. The number of methoxy groups -OCH3 is 1. The van der Waals surface area contributed by atoms with Crippen LogP contribution in [0.25, 0.3) is 0 Å². The molecule has 2 bridgehead atoms. The molecule has 122 valence electrons. The number of aliphatic hydroxyl groups excluding tert-OH is 2. The van der Waals surface area contributed by atoms with Crippen molar-refractivity contribution in [1.82, 2.24) is 0 Å². The van der Waals surface area contributed by atoms with Crippen LogP contribution in [0.15, 0.2) is 23.0 Å². The van der Waals surface area contributed by atoms with Crippen molar-refractivity contribution in [1.29, 1.82) is 0 Å². The van der Waals surface area contributed by atoms with Crippen molar-refractivity contribution < 1.29 is 29.2 Å². The second kappa shape index (κ2) is 5.16. The summed E-state index contributed by atoms with van der Waals surface area (Å²) in [5, 5.41) is 20.0. The first-order valence-electron chi connectivity index (χ1n) is 7.57. The average Bonchev–Trinajstić information content (AvgIpc) is 2.96. The fraction of sp³-hybridized carbons (Fsp3) is 0.688. The van der Waals surface area contributed by atoms with Gasteiger partial charge in [-0.2, -0.15) is 0 Å². The molecule has 0 radical (unpaired) electrons. The van der Waals surface area contributed by atoms with Crippen LogP contribution >= 0.6 is 0 Å². The minimum Gasteiger partial charge on any atom is -0.423 e. The molecule has 6 nitrogen and oxygen atoms in total. The lowest BCUT2D eigenvalue weighted by molar-refractivity contribution is -0.254. The highest BCUT2D eigenvalue weighted by Gasteiger charge is 2.52. The van der Waals surface area contributed by atoms with Crippen LogP contribution < -0.4 is 0 Å². The Hall–Kier alpha value is -1.21. The van der Waals surface area contributed by atoms with Gasteiger partial charge in [0, 0.05) is 25.0 Å². The summed E-state index contributed by atoms with van der Waals surface area (Å²) in [6, 6.07) is 0. The molecule has 0 aromatic heterocycles. The number of esters is 1. The maximum Gasteiger partial charge on any atom is 0.342 e. The van der Waals surface area contributed by atoms with Gasteiger partial charge in [-0.15, -0.1) is 0 Å². The molecule has 22 heavy (non-hydrogen) atoms. The van der Waals surface area contributed by atoms with Gasteiger partial charge in [0.15, 0.2) is 5.79 Å². The predicted octanol–water partition coefficient (Wildman–Crippen LogP) is 1.03.